The number of amides is 1. The maximum atomic E-state index is 11.5. The number of nitrogens with one attached hydrogen (secondary N) is 1. The molecular weight excluding hydrogens is 272 g/mol. The first-order valence-corrected chi connectivity index (χ1v) is 6.99. The summed E-state index contributed by atoms with van der Waals surface area (Å²) < 4.78 is 15.6. The van der Waals surface area contributed by atoms with E-state index in [1.165, 1.54) is 0 Å². The van der Waals surface area contributed by atoms with Crippen molar-refractivity contribution < 1.29 is 18.5 Å². The van der Waals surface area contributed by atoms with Gasteiger partial charge in [-0.3, -0.25) is 4.79 Å². The maximum absolute atomic E-state index is 11.5. The Labute approximate surface area is 123 Å². The summed E-state index contributed by atoms with van der Waals surface area (Å²) in [6.07, 6.45) is 2.52. The van der Waals surface area contributed by atoms with Crippen LogP contribution in [0.25, 0.3) is 11.5 Å². The second-order valence-electron chi connectivity index (χ2n) is 5.19. The molecule has 0 aliphatic carbocycles. The third-order valence-corrected chi connectivity index (χ3v) is 2.85. The Hall–Kier alpha value is -2.08. The minimum atomic E-state index is -0.120. The smallest absolute Gasteiger partial charge is 0.246 e. The lowest BCUT2D eigenvalue weighted by Crippen LogP contribution is -2.29. The van der Waals surface area contributed by atoms with Gasteiger partial charge in [-0.1, -0.05) is 19.0 Å². The van der Waals surface area contributed by atoms with Gasteiger partial charge < -0.3 is 19.0 Å². The van der Waals surface area contributed by atoms with E-state index < -0.39 is 0 Å². The van der Waals surface area contributed by atoms with Gasteiger partial charge in [-0.25, -0.2) is 0 Å². The van der Waals surface area contributed by atoms with Crippen LogP contribution in [0.4, 0.5) is 0 Å². The number of carbonyl (C=O) groups excluding carboxylic acids is 1. The summed E-state index contributed by atoms with van der Waals surface area (Å²) in [5, 5.41) is 6.67. The van der Waals surface area contributed by atoms with Crippen LogP contribution in [-0.2, 0) is 16.1 Å². The number of furan rings is 1. The van der Waals surface area contributed by atoms with Crippen LogP contribution in [0.15, 0.2) is 33.4 Å². The van der Waals surface area contributed by atoms with Gasteiger partial charge in [0.2, 0.25) is 11.7 Å². The Kier molecular flexibility index (Phi) is 5.57. The molecule has 1 amide bonds. The molecular formula is C15H20N2O4. The minimum Gasteiger partial charge on any atom is -0.461 e. The molecule has 0 atom stereocenters. The van der Waals surface area contributed by atoms with Crippen molar-refractivity contribution in [2.24, 2.45) is 5.92 Å². The molecule has 2 rings (SSSR count). The lowest BCUT2D eigenvalue weighted by molar-refractivity contribution is -0.126. The predicted octanol–water partition coefficient (Wildman–Crippen LogP) is 2.61. The molecule has 0 fully saturated rings. The van der Waals surface area contributed by atoms with Gasteiger partial charge >= 0.3 is 0 Å². The molecule has 6 nitrogen and oxygen atoms in total. The fourth-order valence-electron chi connectivity index (χ4n) is 1.71. The molecule has 21 heavy (non-hydrogen) atoms. The monoisotopic (exact) mass is 292 g/mol. The summed E-state index contributed by atoms with van der Waals surface area (Å²) in [5.41, 5.74) is 0.622. The van der Waals surface area contributed by atoms with Crippen molar-refractivity contribution >= 4 is 5.91 Å². The zero-order valence-corrected chi connectivity index (χ0v) is 12.3. The Morgan fingerprint density at radius 3 is 3.00 bits per heavy atom. The highest BCUT2D eigenvalue weighted by molar-refractivity contribution is 5.77. The third kappa shape index (κ3) is 5.07. The molecule has 2 heterocycles. The van der Waals surface area contributed by atoms with Gasteiger partial charge in [0.15, 0.2) is 5.76 Å². The highest BCUT2D eigenvalue weighted by Gasteiger charge is 2.09. The summed E-state index contributed by atoms with van der Waals surface area (Å²) in [7, 11) is 0. The maximum Gasteiger partial charge on any atom is 0.246 e. The van der Waals surface area contributed by atoms with Gasteiger partial charge in [0.25, 0.3) is 0 Å². The van der Waals surface area contributed by atoms with Crippen molar-refractivity contribution in [3.05, 3.63) is 30.2 Å². The normalized spacial score (nSPS) is 11.0. The molecule has 0 saturated heterocycles. The van der Waals surface area contributed by atoms with E-state index in [1.807, 2.05) is 0 Å². The van der Waals surface area contributed by atoms with Gasteiger partial charge in [0.05, 0.1) is 12.9 Å². The van der Waals surface area contributed by atoms with Crippen LogP contribution in [0.1, 0.15) is 26.0 Å². The number of aromatic nitrogens is 1. The van der Waals surface area contributed by atoms with Crippen LogP contribution >= 0.6 is 0 Å². The molecule has 1 N–H and O–H groups in total. The highest BCUT2D eigenvalue weighted by Crippen LogP contribution is 2.20. The van der Waals surface area contributed by atoms with E-state index in [0.717, 1.165) is 6.42 Å². The van der Waals surface area contributed by atoms with Crippen LogP contribution in [-0.4, -0.2) is 24.2 Å². The Morgan fingerprint density at radius 1 is 1.43 bits per heavy atom. The molecule has 0 aliphatic heterocycles. The van der Waals surface area contributed by atoms with Crippen LogP contribution in [0, 0.1) is 5.92 Å². The summed E-state index contributed by atoms with van der Waals surface area (Å²) in [5.74, 6) is 1.60. The predicted molar refractivity (Wildman–Crippen MR) is 76.3 cm³/mol. The standard InChI is InChI=1S/C15H20N2O4/c1-11(2)5-6-16-15(18)10-19-9-12-8-14(21-17-12)13-4-3-7-20-13/h3-4,7-8,11H,5-6,9-10H2,1-2H3,(H,16,18). The minimum absolute atomic E-state index is 0.0149. The lowest BCUT2D eigenvalue weighted by atomic mass is 10.1. The van der Waals surface area contributed by atoms with Crippen molar-refractivity contribution in [3.8, 4) is 11.5 Å². The molecule has 0 aromatic carbocycles. The summed E-state index contributed by atoms with van der Waals surface area (Å²) in [6, 6.07) is 5.29. The van der Waals surface area contributed by atoms with E-state index in [-0.39, 0.29) is 19.1 Å². The van der Waals surface area contributed by atoms with Crippen molar-refractivity contribution in [1.29, 1.82) is 0 Å². The number of nitrogens with zero attached hydrogens (tertiary/aromatic N) is 1. The van der Waals surface area contributed by atoms with Gasteiger partial charge in [0, 0.05) is 12.6 Å². The van der Waals surface area contributed by atoms with Gasteiger partial charge in [-0.15, -0.1) is 0 Å². The summed E-state index contributed by atoms with van der Waals surface area (Å²) in [4.78, 5) is 11.5. The molecule has 114 valence electrons. The molecule has 0 saturated carbocycles. The zero-order valence-electron chi connectivity index (χ0n) is 12.3. The molecule has 0 unspecified atom stereocenters. The molecule has 0 spiro atoms. The first-order chi connectivity index (χ1) is 10.1. The van der Waals surface area contributed by atoms with E-state index in [0.29, 0.717) is 29.7 Å². The topological polar surface area (TPSA) is 77.5 Å². The van der Waals surface area contributed by atoms with Crippen LogP contribution in [0.5, 0.6) is 0 Å². The van der Waals surface area contributed by atoms with Crippen molar-refractivity contribution in [2.75, 3.05) is 13.2 Å². The SMILES string of the molecule is CC(C)CCNC(=O)COCc1cc(-c2ccco2)on1. The zero-order chi connectivity index (χ0) is 15.1. The molecule has 6 heteroatoms. The molecule has 0 aliphatic rings. The van der Waals surface area contributed by atoms with E-state index >= 15 is 0 Å². The largest absolute Gasteiger partial charge is 0.461 e. The molecule has 2 aromatic heterocycles. The van der Waals surface area contributed by atoms with Crippen molar-refractivity contribution in [1.82, 2.24) is 10.5 Å². The Morgan fingerprint density at radius 2 is 2.29 bits per heavy atom. The second kappa shape index (κ2) is 7.64. The van der Waals surface area contributed by atoms with Crippen LogP contribution in [0.3, 0.4) is 0 Å². The number of hydrogen-bond acceptors (Lipinski definition) is 5. The molecule has 0 bridgehead atoms. The van der Waals surface area contributed by atoms with Crippen LogP contribution in [0.2, 0.25) is 0 Å². The van der Waals surface area contributed by atoms with E-state index in [1.54, 1.807) is 24.5 Å². The Balaban J connectivity index is 1.68. The van der Waals surface area contributed by atoms with Gasteiger partial charge in [0.1, 0.15) is 12.3 Å². The summed E-state index contributed by atoms with van der Waals surface area (Å²) in [6.45, 7) is 5.14. The number of carbonyl (C=O) groups is 1. The van der Waals surface area contributed by atoms with Crippen LogP contribution < -0.4 is 5.32 Å². The Bertz CT molecular complexity index is 546. The fraction of sp³-hybridized carbons (Fsp3) is 0.467. The van der Waals surface area contributed by atoms with E-state index in [2.05, 4.69) is 24.3 Å². The lowest BCUT2D eigenvalue weighted by Gasteiger charge is -2.06. The van der Waals surface area contributed by atoms with Crippen molar-refractivity contribution in [2.45, 2.75) is 26.9 Å². The summed E-state index contributed by atoms with van der Waals surface area (Å²) >= 11 is 0. The highest BCUT2D eigenvalue weighted by atomic mass is 16.5. The average Bonchev–Trinajstić information content (AvgIpc) is 3.08. The second-order valence-corrected chi connectivity index (χ2v) is 5.19. The average molecular weight is 292 g/mol. The first kappa shape index (κ1) is 15.3. The number of rotatable bonds is 8. The molecule has 2 aromatic rings. The molecule has 0 radical (unpaired) electrons. The number of ether oxygens (including phenoxy) is 1. The van der Waals surface area contributed by atoms with Crippen molar-refractivity contribution in [3.63, 3.8) is 0 Å². The quantitative estimate of drug-likeness (QED) is 0.809. The van der Waals surface area contributed by atoms with E-state index in [4.69, 9.17) is 13.7 Å². The fourth-order valence-corrected chi connectivity index (χ4v) is 1.71. The van der Waals surface area contributed by atoms with E-state index in [9.17, 15) is 4.79 Å². The van der Waals surface area contributed by atoms with Gasteiger partial charge in [-0.05, 0) is 24.5 Å². The third-order valence-electron chi connectivity index (χ3n) is 2.85. The number of hydrogen-bond donors (Lipinski definition) is 1. The van der Waals surface area contributed by atoms with Gasteiger partial charge in [-0.2, -0.15) is 0 Å². The first-order valence-electron chi connectivity index (χ1n) is 6.99.